The number of benzene rings is 2. The molecule has 0 bridgehead atoms. The van der Waals surface area contributed by atoms with Gasteiger partial charge in [-0.1, -0.05) is 60.8 Å². The molecule has 8 heteroatoms. The largest absolute Gasteiger partial charge is 0.385 e. The van der Waals surface area contributed by atoms with Gasteiger partial charge in [-0.25, -0.2) is 0 Å². The quantitative estimate of drug-likeness (QED) is 0.255. The summed E-state index contributed by atoms with van der Waals surface area (Å²) in [7, 11) is 1.64. The zero-order valence-corrected chi connectivity index (χ0v) is 22.6. The number of hydrogen-bond acceptors (Lipinski definition) is 3. The molecule has 3 rings (SSSR count). The number of aromatic nitrogens is 1. The minimum Gasteiger partial charge on any atom is -0.385 e. The lowest BCUT2D eigenvalue weighted by molar-refractivity contribution is -0.141. The lowest BCUT2D eigenvalue weighted by Crippen LogP contribution is -2.44. The number of methoxy groups -OCH3 is 1. The van der Waals surface area contributed by atoms with Gasteiger partial charge in [0.15, 0.2) is 0 Å². The van der Waals surface area contributed by atoms with Gasteiger partial charge >= 0.3 is 0 Å². The Kier molecular flexibility index (Phi) is 11.1. The Hall–Kier alpha value is -2.54. The van der Waals surface area contributed by atoms with Crippen molar-refractivity contribution in [3.63, 3.8) is 0 Å². The average molecular weight is 533 g/mol. The number of unbranched alkanes of at least 4 members (excludes halogenated alkanes) is 1. The van der Waals surface area contributed by atoms with Crippen molar-refractivity contribution in [2.75, 3.05) is 33.4 Å². The Labute approximate surface area is 223 Å². The zero-order valence-electron chi connectivity index (χ0n) is 21.1. The molecule has 0 fully saturated rings. The van der Waals surface area contributed by atoms with Gasteiger partial charge in [-0.3, -0.25) is 9.59 Å². The first kappa shape index (κ1) is 28.0. The number of para-hydroxylation sites is 1. The third kappa shape index (κ3) is 7.99. The third-order valence-electron chi connectivity index (χ3n) is 6.24. The van der Waals surface area contributed by atoms with Crippen LogP contribution >= 0.6 is 23.2 Å². The predicted molar refractivity (Wildman–Crippen MR) is 146 cm³/mol. The molecule has 194 valence electrons. The highest BCUT2D eigenvalue weighted by Crippen LogP contribution is 2.24. The Morgan fingerprint density at radius 2 is 1.78 bits per heavy atom. The van der Waals surface area contributed by atoms with Gasteiger partial charge in [0.05, 0.1) is 16.6 Å². The minimum absolute atomic E-state index is 0.00687. The van der Waals surface area contributed by atoms with Gasteiger partial charge in [-0.2, -0.15) is 0 Å². The van der Waals surface area contributed by atoms with Gasteiger partial charge < -0.3 is 19.5 Å². The molecule has 36 heavy (non-hydrogen) atoms. The molecule has 0 saturated heterocycles. The Morgan fingerprint density at radius 3 is 2.53 bits per heavy atom. The molecule has 1 heterocycles. The molecule has 1 N–H and O–H groups in total. The topological polar surface area (TPSA) is 65.6 Å². The fourth-order valence-electron chi connectivity index (χ4n) is 4.19. The monoisotopic (exact) mass is 531 g/mol. The van der Waals surface area contributed by atoms with Gasteiger partial charge in [0, 0.05) is 56.9 Å². The van der Waals surface area contributed by atoms with Crippen LogP contribution in [-0.2, 0) is 27.3 Å². The number of nitrogens with one attached hydrogen (secondary N) is 1. The molecule has 6 nitrogen and oxygen atoms in total. The first-order valence-corrected chi connectivity index (χ1v) is 13.2. The smallest absolute Gasteiger partial charge is 0.242 e. The molecule has 0 aliphatic carbocycles. The van der Waals surface area contributed by atoms with Crippen LogP contribution in [0.5, 0.6) is 0 Å². The summed E-state index contributed by atoms with van der Waals surface area (Å²) < 4.78 is 5.16. The van der Waals surface area contributed by atoms with Crippen LogP contribution in [0.15, 0.2) is 48.7 Å². The minimum atomic E-state index is -0.0943. The van der Waals surface area contributed by atoms with Crippen LogP contribution in [-0.4, -0.2) is 59.9 Å². The van der Waals surface area contributed by atoms with Crippen LogP contribution in [0.3, 0.4) is 0 Å². The Morgan fingerprint density at radius 1 is 0.972 bits per heavy atom. The summed E-state index contributed by atoms with van der Waals surface area (Å²) >= 11 is 12.3. The first-order valence-electron chi connectivity index (χ1n) is 12.5. The highest BCUT2D eigenvalue weighted by molar-refractivity contribution is 6.42. The molecule has 0 spiro atoms. The second kappa shape index (κ2) is 14.3. The number of hydrogen-bond donors (Lipinski definition) is 1. The summed E-state index contributed by atoms with van der Waals surface area (Å²) in [5.74, 6) is -0.0874. The van der Waals surface area contributed by atoms with E-state index in [0.29, 0.717) is 55.5 Å². The second-order valence-electron chi connectivity index (χ2n) is 8.94. The van der Waals surface area contributed by atoms with E-state index in [4.69, 9.17) is 27.9 Å². The maximum absolute atomic E-state index is 13.6. The number of amides is 2. The number of nitrogens with zero attached hydrogens (tertiary/aromatic N) is 2. The van der Waals surface area contributed by atoms with Crippen LogP contribution in [0.25, 0.3) is 10.9 Å². The molecular weight excluding hydrogens is 497 g/mol. The van der Waals surface area contributed by atoms with Crippen LogP contribution < -0.4 is 0 Å². The van der Waals surface area contributed by atoms with Crippen LogP contribution in [0.2, 0.25) is 10.0 Å². The normalized spacial score (nSPS) is 11.1. The third-order valence-corrected chi connectivity index (χ3v) is 6.97. The van der Waals surface area contributed by atoms with Crippen molar-refractivity contribution in [3.05, 3.63) is 69.8 Å². The van der Waals surface area contributed by atoms with E-state index in [1.54, 1.807) is 29.0 Å². The van der Waals surface area contributed by atoms with E-state index in [-0.39, 0.29) is 18.4 Å². The van der Waals surface area contributed by atoms with Crippen molar-refractivity contribution in [1.82, 2.24) is 14.8 Å². The Balaban J connectivity index is 1.78. The number of halogens is 2. The maximum atomic E-state index is 13.6. The van der Waals surface area contributed by atoms with E-state index in [1.807, 2.05) is 30.5 Å². The van der Waals surface area contributed by atoms with Gasteiger partial charge in [-0.05, 0) is 48.6 Å². The lowest BCUT2D eigenvalue weighted by atomic mass is 10.1. The standard InChI is InChI=1S/C28H35Cl2N3O3/c1-3-4-10-27(34)32(14-7-16-36-2)20-28(35)33(19-21-11-12-24(29)25(30)17-21)15-13-22-18-31-26-9-6-5-8-23(22)26/h5-6,8-9,11-12,17-18,31H,3-4,7,10,13-16,19-20H2,1-2H3. The summed E-state index contributed by atoms with van der Waals surface area (Å²) in [5, 5.41) is 2.08. The highest BCUT2D eigenvalue weighted by atomic mass is 35.5. The molecule has 0 atom stereocenters. The van der Waals surface area contributed by atoms with Crippen LogP contribution in [0.4, 0.5) is 0 Å². The molecular formula is C28H35Cl2N3O3. The predicted octanol–water partition coefficient (Wildman–Crippen LogP) is 6.10. The number of carbonyl (C=O) groups excluding carboxylic acids is 2. The van der Waals surface area contributed by atoms with Crippen LogP contribution in [0.1, 0.15) is 43.7 Å². The highest BCUT2D eigenvalue weighted by Gasteiger charge is 2.22. The zero-order chi connectivity index (χ0) is 25.9. The van der Waals surface area contributed by atoms with E-state index in [9.17, 15) is 9.59 Å². The van der Waals surface area contributed by atoms with Gasteiger partial charge in [-0.15, -0.1) is 0 Å². The number of carbonyl (C=O) groups is 2. The maximum Gasteiger partial charge on any atom is 0.242 e. The number of H-pyrrole nitrogens is 1. The number of ether oxygens (including phenoxy) is 1. The summed E-state index contributed by atoms with van der Waals surface area (Å²) in [6, 6.07) is 13.5. The molecule has 0 aliphatic rings. The fourth-order valence-corrected chi connectivity index (χ4v) is 4.51. The lowest BCUT2D eigenvalue weighted by Gasteiger charge is -2.28. The summed E-state index contributed by atoms with van der Waals surface area (Å²) in [4.78, 5) is 33.2. The van der Waals surface area contributed by atoms with Crippen LogP contribution in [0, 0.1) is 0 Å². The molecule has 0 aliphatic heterocycles. The summed E-state index contributed by atoms with van der Waals surface area (Å²) in [6.45, 7) is 4.02. The fraction of sp³-hybridized carbons (Fsp3) is 0.429. The van der Waals surface area contributed by atoms with E-state index in [0.717, 1.165) is 34.9 Å². The van der Waals surface area contributed by atoms with E-state index in [2.05, 4.69) is 18.0 Å². The van der Waals surface area contributed by atoms with E-state index in [1.165, 1.54) is 0 Å². The van der Waals surface area contributed by atoms with Crippen molar-refractivity contribution >= 4 is 45.9 Å². The number of fused-ring (bicyclic) bond motifs is 1. The van der Waals surface area contributed by atoms with Gasteiger partial charge in [0.1, 0.15) is 0 Å². The van der Waals surface area contributed by atoms with Crippen molar-refractivity contribution in [2.24, 2.45) is 0 Å². The molecule has 2 aromatic carbocycles. The Bertz CT molecular complexity index is 1150. The molecule has 0 saturated carbocycles. The number of rotatable bonds is 14. The van der Waals surface area contributed by atoms with Crippen molar-refractivity contribution in [1.29, 1.82) is 0 Å². The molecule has 0 unspecified atom stereocenters. The SMILES string of the molecule is CCCCC(=O)N(CCCOC)CC(=O)N(CCc1c[nH]c2ccccc12)Cc1ccc(Cl)c(Cl)c1. The van der Waals surface area contributed by atoms with E-state index < -0.39 is 0 Å². The first-order chi connectivity index (χ1) is 17.4. The molecule has 3 aromatic rings. The number of aromatic amines is 1. The second-order valence-corrected chi connectivity index (χ2v) is 9.75. The van der Waals surface area contributed by atoms with Crippen molar-refractivity contribution < 1.29 is 14.3 Å². The van der Waals surface area contributed by atoms with E-state index >= 15 is 0 Å². The summed E-state index contributed by atoms with van der Waals surface area (Å²) in [5.41, 5.74) is 3.11. The van der Waals surface area contributed by atoms with Gasteiger partial charge in [0.2, 0.25) is 11.8 Å². The van der Waals surface area contributed by atoms with Gasteiger partial charge in [0.25, 0.3) is 0 Å². The molecule has 0 radical (unpaired) electrons. The van der Waals surface area contributed by atoms with Crippen molar-refractivity contribution in [2.45, 2.75) is 45.6 Å². The van der Waals surface area contributed by atoms with Crippen molar-refractivity contribution in [3.8, 4) is 0 Å². The average Bonchev–Trinajstić information content (AvgIpc) is 3.29. The summed E-state index contributed by atoms with van der Waals surface area (Å²) in [6.07, 6.45) is 5.55. The molecule has 1 aromatic heterocycles. The molecule has 2 amide bonds.